The minimum Gasteiger partial charge on any atom is -0.396 e. The molecule has 152 valence electrons. The van der Waals surface area contributed by atoms with Gasteiger partial charge in [0.2, 0.25) is 0 Å². The Hall–Kier alpha value is -0.120. The lowest BCUT2D eigenvalue weighted by Crippen LogP contribution is -2.16. The Morgan fingerprint density at radius 2 is 1.12 bits per heavy atom. The van der Waals surface area contributed by atoms with Crippen molar-refractivity contribution >= 4 is 0 Å². The number of unbranched alkanes of at least 4 members (excludes halogenated alkanes) is 8. The lowest BCUT2D eigenvalue weighted by molar-refractivity contribution is 0.144. The summed E-state index contributed by atoms with van der Waals surface area (Å²) in [6, 6.07) is 0. The summed E-state index contributed by atoms with van der Waals surface area (Å²) in [5, 5.41) is 28.2. The van der Waals surface area contributed by atoms with Crippen molar-refractivity contribution in [3.05, 3.63) is 0 Å². The maximum absolute atomic E-state index is 10.0. The molecule has 0 saturated heterocycles. The molecular weight excluding hydrogens is 312 g/mol. The largest absolute Gasteiger partial charge is 0.396 e. The minimum atomic E-state index is -0.109. The normalized spacial score (nSPS) is 14.6. The van der Waals surface area contributed by atoms with Crippen LogP contribution in [0.15, 0.2) is 0 Å². The van der Waals surface area contributed by atoms with Crippen molar-refractivity contribution in [3.8, 4) is 0 Å². The van der Waals surface area contributed by atoms with Gasteiger partial charge in [0.1, 0.15) is 0 Å². The van der Waals surface area contributed by atoms with E-state index in [0.29, 0.717) is 12.5 Å². The molecule has 0 amide bonds. The van der Waals surface area contributed by atoms with E-state index in [0.717, 1.165) is 38.5 Å². The Kier molecular flexibility index (Phi) is 16.0. The molecule has 0 fully saturated rings. The van der Waals surface area contributed by atoms with Crippen LogP contribution in [0.4, 0.5) is 0 Å². The van der Waals surface area contributed by atoms with E-state index in [4.69, 9.17) is 5.11 Å². The Labute approximate surface area is 157 Å². The number of aliphatic hydroxyl groups excluding tert-OH is 3. The van der Waals surface area contributed by atoms with Gasteiger partial charge >= 0.3 is 0 Å². The molecule has 0 aromatic heterocycles. The molecule has 3 heteroatoms. The smallest absolute Gasteiger partial charge is 0.0540 e. The maximum atomic E-state index is 10.0. The van der Waals surface area contributed by atoms with E-state index in [2.05, 4.69) is 20.8 Å². The number of hydrogen-bond acceptors (Lipinski definition) is 3. The van der Waals surface area contributed by atoms with Gasteiger partial charge < -0.3 is 15.3 Å². The predicted molar refractivity (Wildman–Crippen MR) is 108 cm³/mol. The summed E-state index contributed by atoms with van der Waals surface area (Å²) in [4.78, 5) is 0. The Morgan fingerprint density at radius 1 is 0.680 bits per heavy atom. The molecule has 0 saturated carbocycles. The monoisotopic (exact) mass is 358 g/mol. The van der Waals surface area contributed by atoms with Gasteiger partial charge in [-0.15, -0.1) is 0 Å². The molecule has 0 heterocycles. The average molecular weight is 359 g/mol. The van der Waals surface area contributed by atoms with Crippen LogP contribution < -0.4 is 0 Å². The lowest BCUT2D eigenvalue weighted by atomic mass is 9.88. The van der Waals surface area contributed by atoms with Crippen LogP contribution in [0, 0.1) is 11.3 Å². The van der Waals surface area contributed by atoms with Crippen molar-refractivity contribution in [1.29, 1.82) is 0 Å². The summed E-state index contributed by atoms with van der Waals surface area (Å²) in [6.07, 6.45) is 16.2. The number of aliphatic hydroxyl groups is 3. The van der Waals surface area contributed by atoms with Crippen molar-refractivity contribution < 1.29 is 15.3 Å². The summed E-state index contributed by atoms with van der Waals surface area (Å²) in [6.45, 7) is 6.94. The van der Waals surface area contributed by atoms with Gasteiger partial charge in [-0.05, 0) is 37.0 Å². The van der Waals surface area contributed by atoms with E-state index in [1.807, 2.05) is 0 Å². The molecule has 2 atom stereocenters. The van der Waals surface area contributed by atoms with Crippen LogP contribution >= 0.6 is 0 Å². The van der Waals surface area contributed by atoms with Gasteiger partial charge in [-0.3, -0.25) is 0 Å². The van der Waals surface area contributed by atoms with E-state index in [1.54, 1.807) is 0 Å². The maximum Gasteiger partial charge on any atom is 0.0540 e. The molecular formula is C22H46O3. The fraction of sp³-hybridized carbons (Fsp3) is 1.00. The Morgan fingerprint density at radius 3 is 1.60 bits per heavy atom. The fourth-order valence-corrected chi connectivity index (χ4v) is 3.23. The van der Waals surface area contributed by atoms with Crippen molar-refractivity contribution in [3.63, 3.8) is 0 Å². The van der Waals surface area contributed by atoms with Gasteiger partial charge in [0.05, 0.1) is 6.10 Å². The van der Waals surface area contributed by atoms with E-state index in [9.17, 15) is 10.2 Å². The second-order valence-electron chi connectivity index (χ2n) is 8.92. The Balaban J connectivity index is 3.30. The van der Waals surface area contributed by atoms with Crippen LogP contribution in [0.5, 0.6) is 0 Å². The third-order valence-electron chi connectivity index (χ3n) is 5.36. The van der Waals surface area contributed by atoms with Gasteiger partial charge in [0.15, 0.2) is 0 Å². The molecule has 0 rings (SSSR count). The zero-order valence-electron chi connectivity index (χ0n) is 17.3. The molecule has 0 radical (unpaired) electrons. The first-order valence-corrected chi connectivity index (χ1v) is 10.8. The second kappa shape index (κ2) is 16.1. The van der Waals surface area contributed by atoms with Gasteiger partial charge in [0, 0.05) is 13.2 Å². The van der Waals surface area contributed by atoms with Crippen LogP contribution in [-0.4, -0.2) is 34.6 Å². The first-order valence-electron chi connectivity index (χ1n) is 10.8. The van der Waals surface area contributed by atoms with Crippen molar-refractivity contribution in [1.82, 2.24) is 0 Å². The molecule has 2 unspecified atom stereocenters. The summed E-state index contributed by atoms with van der Waals surface area (Å²) < 4.78 is 0. The second-order valence-corrected chi connectivity index (χ2v) is 8.92. The van der Waals surface area contributed by atoms with Crippen LogP contribution in [0.25, 0.3) is 0 Å². The Bertz CT molecular complexity index is 278. The molecule has 25 heavy (non-hydrogen) atoms. The minimum absolute atomic E-state index is 0.0767. The van der Waals surface area contributed by atoms with Crippen molar-refractivity contribution in [2.45, 2.75) is 117 Å². The molecule has 0 aliphatic rings. The van der Waals surface area contributed by atoms with Gasteiger partial charge in [0.25, 0.3) is 0 Å². The lowest BCUT2D eigenvalue weighted by Gasteiger charge is -2.21. The standard InChI is InChI=1S/C22H46O3/c1-20(18-23)14-10-6-4-7-11-15-21(25)16-12-8-5-9-13-17-22(2,3)19-24/h20-21,23-25H,4-19H2,1-3H3. The molecule has 0 aromatic carbocycles. The number of hydrogen-bond donors (Lipinski definition) is 3. The molecule has 0 aliphatic carbocycles. The molecule has 0 aromatic rings. The summed E-state index contributed by atoms with van der Waals surface area (Å²) in [7, 11) is 0. The van der Waals surface area contributed by atoms with Gasteiger partial charge in [-0.1, -0.05) is 85.0 Å². The SMILES string of the molecule is CC(CO)CCCCCCCC(O)CCCCCCCC(C)(C)CO. The summed E-state index contributed by atoms with van der Waals surface area (Å²) in [5.74, 6) is 0.447. The zero-order chi connectivity index (χ0) is 19.0. The molecule has 0 aliphatic heterocycles. The van der Waals surface area contributed by atoms with E-state index in [1.165, 1.54) is 51.4 Å². The molecule has 0 spiro atoms. The highest BCUT2D eigenvalue weighted by molar-refractivity contribution is 4.66. The van der Waals surface area contributed by atoms with Crippen LogP contribution in [0.1, 0.15) is 111 Å². The van der Waals surface area contributed by atoms with Gasteiger partial charge in [-0.2, -0.15) is 0 Å². The highest BCUT2D eigenvalue weighted by Gasteiger charge is 2.15. The highest BCUT2D eigenvalue weighted by Crippen LogP contribution is 2.23. The quantitative estimate of drug-likeness (QED) is 0.285. The predicted octanol–water partition coefficient (Wildman–Crippen LogP) is 5.46. The third-order valence-corrected chi connectivity index (χ3v) is 5.36. The fourth-order valence-electron chi connectivity index (χ4n) is 3.23. The van der Waals surface area contributed by atoms with Crippen molar-refractivity contribution in [2.75, 3.05) is 13.2 Å². The molecule has 3 nitrogen and oxygen atoms in total. The molecule has 0 bridgehead atoms. The summed E-state index contributed by atoms with van der Waals surface area (Å²) >= 11 is 0. The first-order chi connectivity index (χ1) is 11.9. The number of rotatable bonds is 18. The van der Waals surface area contributed by atoms with E-state index >= 15 is 0 Å². The third kappa shape index (κ3) is 17.1. The van der Waals surface area contributed by atoms with E-state index < -0.39 is 0 Å². The highest BCUT2D eigenvalue weighted by atomic mass is 16.3. The van der Waals surface area contributed by atoms with Crippen LogP contribution in [0.3, 0.4) is 0 Å². The molecule has 3 N–H and O–H groups in total. The summed E-state index contributed by atoms with van der Waals surface area (Å²) in [5.41, 5.74) is 0.0767. The van der Waals surface area contributed by atoms with Crippen LogP contribution in [-0.2, 0) is 0 Å². The zero-order valence-corrected chi connectivity index (χ0v) is 17.3. The first kappa shape index (κ1) is 24.9. The van der Waals surface area contributed by atoms with Crippen LogP contribution in [0.2, 0.25) is 0 Å². The van der Waals surface area contributed by atoms with Crippen molar-refractivity contribution in [2.24, 2.45) is 11.3 Å². The van der Waals surface area contributed by atoms with Gasteiger partial charge in [-0.25, -0.2) is 0 Å². The topological polar surface area (TPSA) is 60.7 Å². The van der Waals surface area contributed by atoms with E-state index in [-0.39, 0.29) is 18.1 Å². The average Bonchev–Trinajstić information content (AvgIpc) is 2.59.